The molecule has 1 saturated heterocycles. The first kappa shape index (κ1) is 12.4. The molecule has 1 N–H and O–H groups in total. The standard InChI is InChI=1S/C17H19NO/c1-18-13-12-16(18)17(19,14-8-4-2-5-9-14)15-10-6-3-7-11-15/h2-11,16,19H,12-13H2,1H3/t16-/m0/s1. The molecule has 0 amide bonds. The van der Waals surface area contributed by atoms with E-state index < -0.39 is 5.60 Å². The summed E-state index contributed by atoms with van der Waals surface area (Å²) in [5.74, 6) is 0. The third kappa shape index (κ3) is 1.97. The Hall–Kier alpha value is -1.64. The van der Waals surface area contributed by atoms with E-state index in [9.17, 15) is 5.11 Å². The van der Waals surface area contributed by atoms with Crippen molar-refractivity contribution in [2.75, 3.05) is 13.6 Å². The second-order valence-corrected chi connectivity index (χ2v) is 5.28. The van der Waals surface area contributed by atoms with Gasteiger partial charge >= 0.3 is 0 Å². The Morgan fingerprint density at radius 2 is 1.42 bits per heavy atom. The van der Waals surface area contributed by atoms with E-state index in [1.165, 1.54) is 0 Å². The number of nitrogens with zero attached hydrogens (tertiary/aromatic N) is 1. The van der Waals surface area contributed by atoms with Gasteiger partial charge < -0.3 is 5.11 Å². The average molecular weight is 253 g/mol. The van der Waals surface area contributed by atoms with Crippen LogP contribution < -0.4 is 0 Å². The molecule has 0 saturated carbocycles. The maximum absolute atomic E-state index is 11.4. The Morgan fingerprint density at radius 1 is 0.947 bits per heavy atom. The predicted molar refractivity (Wildman–Crippen MR) is 76.9 cm³/mol. The highest BCUT2D eigenvalue weighted by molar-refractivity contribution is 5.38. The van der Waals surface area contributed by atoms with Crippen molar-refractivity contribution in [1.29, 1.82) is 0 Å². The summed E-state index contributed by atoms with van der Waals surface area (Å²) in [5, 5.41) is 11.4. The molecule has 0 unspecified atom stereocenters. The van der Waals surface area contributed by atoms with Crippen LogP contribution in [0, 0.1) is 0 Å². The van der Waals surface area contributed by atoms with Crippen molar-refractivity contribution < 1.29 is 5.11 Å². The zero-order chi connectivity index (χ0) is 13.3. The Bertz CT molecular complexity index is 498. The van der Waals surface area contributed by atoms with Gasteiger partial charge in [0, 0.05) is 6.04 Å². The first-order chi connectivity index (χ1) is 9.23. The molecule has 1 fully saturated rings. The maximum Gasteiger partial charge on any atom is 0.130 e. The van der Waals surface area contributed by atoms with Gasteiger partial charge in [-0.2, -0.15) is 0 Å². The zero-order valence-corrected chi connectivity index (χ0v) is 11.2. The highest BCUT2D eigenvalue weighted by Crippen LogP contribution is 2.40. The minimum absolute atomic E-state index is 0.150. The fourth-order valence-corrected chi connectivity index (χ4v) is 2.98. The lowest BCUT2D eigenvalue weighted by Gasteiger charge is -2.48. The summed E-state index contributed by atoms with van der Waals surface area (Å²) in [6, 6.07) is 20.1. The molecule has 1 aliphatic rings. The molecule has 2 heteroatoms. The van der Waals surface area contributed by atoms with E-state index in [1.807, 2.05) is 60.7 Å². The van der Waals surface area contributed by atoms with Crippen LogP contribution >= 0.6 is 0 Å². The number of hydrogen-bond donors (Lipinski definition) is 1. The van der Waals surface area contributed by atoms with Crippen molar-refractivity contribution in [2.45, 2.75) is 18.1 Å². The van der Waals surface area contributed by atoms with Crippen molar-refractivity contribution in [3.63, 3.8) is 0 Å². The van der Waals surface area contributed by atoms with Crippen LogP contribution in [0.15, 0.2) is 60.7 Å². The zero-order valence-electron chi connectivity index (χ0n) is 11.2. The van der Waals surface area contributed by atoms with Crippen molar-refractivity contribution >= 4 is 0 Å². The van der Waals surface area contributed by atoms with Gasteiger partial charge in [0.25, 0.3) is 0 Å². The second-order valence-electron chi connectivity index (χ2n) is 5.28. The third-order valence-corrected chi connectivity index (χ3v) is 4.20. The van der Waals surface area contributed by atoms with Gasteiger partial charge in [-0.3, -0.25) is 4.90 Å². The Balaban J connectivity index is 2.11. The second kappa shape index (κ2) is 4.80. The lowest BCUT2D eigenvalue weighted by atomic mass is 9.75. The Morgan fingerprint density at radius 3 is 1.74 bits per heavy atom. The van der Waals surface area contributed by atoms with Gasteiger partial charge in [-0.15, -0.1) is 0 Å². The summed E-state index contributed by atoms with van der Waals surface area (Å²) in [6.45, 7) is 1.05. The number of rotatable bonds is 3. The molecular weight excluding hydrogens is 234 g/mol. The van der Waals surface area contributed by atoms with Crippen LogP contribution in [0.2, 0.25) is 0 Å². The minimum Gasteiger partial charge on any atom is -0.379 e. The molecule has 1 aliphatic heterocycles. The normalized spacial score (nSPS) is 20.0. The molecule has 19 heavy (non-hydrogen) atoms. The van der Waals surface area contributed by atoms with Gasteiger partial charge in [-0.25, -0.2) is 0 Å². The largest absolute Gasteiger partial charge is 0.379 e. The van der Waals surface area contributed by atoms with Crippen molar-refractivity contribution in [3.8, 4) is 0 Å². The van der Waals surface area contributed by atoms with E-state index in [2.05, 4.69) is 11.9 Å². The highest BCUT2D eigenvalue weighted by atomic mass is 16.3. The van der Waals surface area contributed by atoms with Crippen LogP contribution in [0.1, 0.15) is 17.5 Å². The lowest BCUT2D eigenvalue weighted by molar-refractivity contribution is -0.0594. The van der Waals surface area contributed by atoms with Gasteiger partial charge in [0.05, 0.1) is 0 Å². The molecule has 3 rings (SSSR count). The summed E-state index contributed by atoms with van der Waals surface area (Å²) in [7, 11) is 2.07. The number of likely N-dealkylation sites (N-methyl/N-ethyl adjacent to an activating group) is 1. The van der Waals surface area contributed by atoms with Crippen LogP contribution in [0.5, 0.6) is 0 Å². The SMILES string of the molecule is CN1CC[C@H]1C(O)(c1ccccc1)c1ccccc1. The highest BCUT2D eigenvalue weighted by Gasteiger charge is 2.46. The number of benzene rings is 2. The molecule has 0 aliphatic carbocycles. The smallest absolute Gasteiger partial charge is 0.130 e. The first-order valence-corrected chi connectivity index (χ1v) is 6.76. The monoisotopic (exact) mass is 253 g/mol. The molecular formula is C17H19NO. The van der Waals surface area contributed by atoms with Crippen molar-refractivity contribution in [3.05, 3.63) is 71.8 Å². The summed E-state index contributed by atoms with van der Waals surface area (Å²) in [4.78, 5) is 2.22. The van der Waals surface area contributed by atoms with Crippen LogP contribution in [0.25, 0.3) is 0 Å². The van der Waals surface area contributed by atoms with E-state index in [4.69, 9.17) is 0 Å². The summed E-state index contributed by atoms with van der Waals surface area (Å²) < 4.78 is 0. The quantitative estimate of drug-likeness (QED) is 0.909. The van der Waals surface area contributed by atoms with E-state index in [1.54, 1.807) is 0 Å². The molecule has 2 aromatic carbocycles. The number of likely N-dealkylation sites (tertiary alicyclic amines) is 1. The van der Waals surface area contributed by atoms with Crippen LogP contribution in [-0.2, 0) is 5.60 Å². The lowest BCUT2D eigenvalue weighted by Crippen LogP contribution is -2.58. The molecule has 2 nitrogen and oxygen atoms in total. The topological polar surface area (TPSA) is 23.5 Å². The molecule has 1 heterocycles. The van der Waals surface area contributed by atoms with Crippen LogP contribution in [-0.4, -0.2) is 29.6 Å². The van der Waals surface area contributed by atoms with Gasteiger partial charge in [0.15, 0.2) is 0 Å². The number of aliphatic hydroxyl groups is 1. The maximum atomic E-state index is 11.4. The van der Waals surface area contributed by atoms with E-state index >= 15 is 0 Å². The summed E-state index contributed by atoms with van der Waals surface area (Å²) in [5.41, 5.74) is 1.02. The molecule has 0 radical (unpaired) electrons. The van der Waals surface area contributed by atoms with Gasteiger partial charge in [0.1, 0.15) is 5.60 Å². The van der Waals surface area contributed by atoms with E-state index in [-0.39, 0.29) is 6.04 Å². The molecule has 98 valence electrons. The predicted octanol–water partition coefficient (Wildman–Crippen LogP) is 2.63. The Kier molecular flexibility index (Phi) is 3.13. The molecule has 0 bridgehead atoms. The molecule has 0 aromatic heterocycles. The molecule has 0 spiro atoms. The molecule has 2 aromatic rings. The first-order valence-electron chi connectivity index (χ1n) is 6.76. The van der Waals surface area contributed by atoms with E-state index in [0.29, 0.717) is 0 Å². The van der Waals surface area contributed by atoms with Crippen molar-refractivity contribution in [1.82, 2.24) is 4.90 Å². The third-order valence-electron chi connectivity index (χ3n) is 4.20. The average Bonchev–Trinajstić information content (AvgIpc) is 2.47. The molecule has 1 atom stereocenters. The van der Waals surface area contributed by atoms with Crippen LogP contribution in [0.4, 0.5) is 0 Å². The minimum atomic E-state index is -0.921. The fraction of sp³-hybridized carbons (Fsp3) is 0.294. The van der Waals surface area contributed by atoms with Crippen molar-refractivity contribution in [2.24, 2.45) is 0 Å². The number of hydrogen-bond acceptors (Lipinski definition) is 2. The van der Waals surface area contributed by atoms with Gasteiger partial charge in [0.2, 0.25) is 0 Å². The van der Waals surface area contributed by atoms with E-state index in [0.717, 1.165) is 24.1 Å². The summed E-state index contributed by atoms with van der Waals surface area (Å²) >= 11 is 0. The summed E-state index contributed by atoms with van der Waals surface area (Å²) in [6.07, 6.45) is 1.02. The van der Waals surface area contributed by atoms with Crippen LogP contribution in [0.3, 0.4) is 0 Å². The van der Waals surface area contributed by atoms with Gasteiger partial charge in [-0.1, -0.05) is 60.7 Å². The van der Waals surface area contributed by atoms with Gasteiger partial charge in [-0.05, 0) is 31.1 Å². The Labute approximate surface area is 114 Å². The fourth-order valence-electron chi connectivity index (χ4n) is 2.98.